The zero-order chi connectivity index (χ0) is 18.6. The van der Waals surface area contributed by atoms with Crippen LogP contribution in [-0.2, 0) is 10.0 Å². The van der Waals surface area contributed by atoms with Crippen LogP contribution < -0.4 is 14.8 Å². The number of hydrogen-bond acceptors (Lipinski definition) is 4. The van der Waals surface area contributed by atoms with Crippen molar-refractivity contribution in [1.82, 2.24) is 0 Å². The molecule has 1 saturated carbocycles. The van der Waals surface area contributed by atoms with Gasteiger partial charge in [0.15, 0.2) is 0 Å². The van der Waals surface area contributed by atoms with Gasteiger partial charge in [-0.3, -0.25) is 9.52 Å². The van der Waals surface area contributed by atoms with Crippen LogP contribution >= 0.6 is 0 Å². The Morgan fingerprint density at radius 2 is 1.69 bits per heavy atom. The van der Waals surface area contributed by atoms with Gasteiger partial charge in [0.2, 0.25) is 10.0 Å². The van der Waals surface area contributed by atoms with Gasteiger partial charge in [-0.1, -0.05) is 12.1 Å². The van der Waals surface area contributed by atoms with Crippen molar-refractivity contribution in [2.45, 2.75) is 31.8 Å². The number of carbonyl (C=O) groups is 1. The average molecular weight is 374 g/mol. The second kappa shape index (κ2) is 7.78. The monoisotopic (exact) mass is 374 g/mol. The van der Waals surface area contributed by atoms with Crippen LogP contribution in [0.4, 0.5) is 11.4 Å². The fraction of sp³-hybridized carbons (Fsp3) is 0.316. The van der Waals surface area contributed by atoms with E-state index in [4.69, 9.17) is 4.74 Å². The molecule has 0 spiro atoms. The van der Waals surface area contributed by atoms with E-state index < -0.39 is 10.0 Å². The van der Waals surface area contributed by atoms with Crippen molar-refractivity contribution in [1.29, 1.82) is 0 Å². The topological polar surface area (TPSA) is 84.5 Å². The summed E-state index contributed by atoms with van der Waals surface area (Å²) in [5.41, 5.74) is 1.11. The lowest BCUT2D eigenvalue weighted by Gasteiger charge is -2.14. The lowest BCUT2D eigenvalue weighted by Crippen LogP contribution is -2.17. The summed E-state index contributed by atoms with van der Waals surface area (Å²) in [4.78, 5) is 12.5. The maximum absolute atomic E-state index is 12.5. The zero-order valence-electron chi connectivity index (χ0n) is 14.6. The highest BCUT2D eigenvalue weighted by molar-refractivity contribution is 7.92. The number of sulfonamides is 1. The van der Waals surface area contributed by atoms with Gasteiger partial charge in [0.25, 0.3) is 5.91 Å². The molecule has 3 rings (SSSR count). The molecule has 1 fully saturated rings. The van der Waals surface area contributed by atoms with Gasteiger partial charge in [-0.2, -0.15) is 0 Å². The van der Waals surface area contributed by atoms with Crippen LogP contribution in [0.25, 0.3) is 0 Å². The molecular weight excluding hydrogens is 352 g/mol. The van der Waals surface area contributed by atoms with E-state index in [9.17, 15) is 13.2 Å². The molecule has 0 bridgehead atoms. The number of hydrogen-bond donors (Lipinski definition) is 2. The first kappa shape index (κ1) is 18.3. The molecule has 0 unspecified atom stereocenters. The average Bonchev–Trinajstić information content (AvgIpc) is 3.08. The second-order valence-electron chi connectivity index (χ2n) is 6.42. The van der Waals surface area contributed by atoms with E-state index in [1.165, 1.54) is 12.8 Å². The zero-order valence-corrected chi connectivity index (χ0v) is 15.4. The van der Waals surface area contributed by atoms with E-state index in [-0.39, 0.29) is 23.3 Å². The van der Waals surface area contributed by atoms with Gasteiger partial charge in [0, 0.05) is 5.69 Å². The van der Waals surface area contributed by atoms with Crippen LogP contribution in [-0.4, -0.2) is 26.7 Å². The largest absolute Gasteiger partial charge is 0.490 e. The number of benzene rings is 2. The van der Waals surface area contributed by atoms with E-state index in [1.807, 2.05) is 12.1 Å². The van der Waals surface area contributed by atoms with Crippen molar-refractivity contribution in [2.75, 3.05) is 16.3 Å². The molecule has 1 aliphatic rings. The van der Waals surface area contributed by atoms with E-state index in [2.05, 4.69) is 10.0 Å². The van der Waals surface area contributed by atoms with Crippen LogP contribution in [0.1, 0.15) is 36.0 Å². The normalized spacial score (nSPS) is 14.8. The summed E-state index contributed by atoms with van der Waals surface area (Å²) in [6.45, 7) is 0. The SMILES string of the molecule is CS(=O)(=O)Nc1ccccc1C(=O)Nc1ccc(OC2CCCC2)cc1. The van der Waals surface area contributed by atoms with Gasteiger partial charge < -0.3 is 10.1 Å². The summed E-state index contributed by atoms with van der Waals surface area (Å²) >= 11 is 0. The summed E-state index contributed by atoms with van der Waals surface area (Å²) in [5, 5.41) is 2.78. The number of ether oxygens (including phenoxy) is 1. The third-order valence-electron chi connectivity index (χ3n) is 4.18. The molecule has 0 aromatic heterocycles. The molecule has 2 aromatic carbocycles. The molecule has 2 aromatic rings. The van der Waals surface area contributed by atoms with Gasteiger partial charge in [-0.15, -0.1) is 0 Å². The van der Waals surface area contributed by atoms with Crippen LogP contribution in [0.5, 0.6) is 5.75 Å². The summed E-state index contributed by atoms with van der Waals surface area (Å²) in [7, 11) is -3.47. The summed E-state index contributed by atoms with van der Waals surface area (Å²) < 4.78 is 31.2. The van der Waals surface area contributed by atoms with Crippen molar-refractivity contribution in [3.05, 3.63) is 54.1 Å². The molecule has 1 amide bonds. The number of rotatable bonds is 6. The Morgan fingerprint density at radius 1 is 1.04 bits per heavy atom. The van der Waals surface area contributed by atoms with Crippen molar-refractivity contribution < 1.29 is 17.9 Å². The van der Waals surface area contributed by atoms with Crippen LogP contribution in [0.2, 0.25) is 0 Å². The fourth-order valence-electron chi connectivity index (χ4n) is 2.98. The number of nitrogens with one attached hydrogen (secondary N) is 2. The highest BCUT2D eigenvalue weighted by Crippen LogP contribution is 2.25. The molecule has 7 heteroatoms. The molecule has 2 N–H and O–H groups in total. The van der Waals surface area contributed by atoms with E-state index in [0.29, 0.717) is 5.69 Å². The van der Waals surface area contributed by atoms with Crippen LogP contribution in [0, 0.1) is 0 Å². The Balaban J connectivity index is 1.68. The first-order chi connectivity index (χ1) is 12.4. The van der Waals surface area contributed by atoms with Gasteiger partial charge in [0.05, 0.1) is 23.6 Å². The highest BCUT2D eigenvalue weighted by Gasteiger charge is 2.17. The summed E-state index contributed by atoms with van der Waals surface area (Å²) in [6, 6.07) is 13.7. The van der Waals surface area contributed by atoms with Crippen molar-refractivity contribution >= 4 is 27.3 Å². The minimum absolute atomic E-state index is 0.244. The molecule has 1 aliphatic carbocycles. The van der Waals surface area contributed by atoms with Crippen LogP contribution in [0.15, 0.2) is 48.5 Å². The molecule has 0 atom stereocenters. The first-order valence-corrected chi connectivity index (χ1v) is 10.4. The molecule has 0 aliphatic heterocycles. The minimum atomic E-state index is -3.47. The fourth-order valence-corrected chi connectivity index (χ4v) is 3.56. The summed E-state index contributed by atoms with van der Waals surface area (Å²) in [5.74, 6) is 0.398. The van der Waals surface area contributed by atoms with Crippen molar-refractivity contribution in [3.63, 3.8) is 0 Å². The Kier molecular flexibility index (Phi) is 5.46. The van der Waals surface area contributed by atoms with Crippen molar-refractivity contribution in [3.8, 4) is 5.75 Å². The Morgan fingerprint density at radius 3 is 2.35 bits per heavy atom. The summed E-state index contributed by atoms with van der Waals surface area (Å²) in [6.07, 6.45) is 5.92. The number of anilines is 2. The number of carbonyl (C=O) groups excluding carboxylic acids is 1. The minimum Gasteiger partial charge on any atom is -0.490 e. The molecule has 6 nitrogen and oxygen atoms in total. The van der Waals surface area contributed by atoms with Crippen LogP contribution in [0.3, 0.4) is 0 Å². The standard InChI is InChI=1S/C19H22N2O4S/c1-26(23,24)21-18-9-5-4-8-17(18)19(22)20-14-10-12-16(13-11-14)25-15-6-2-3-7-15/h4-5,8-13,15,21H,2-3,6-7H2,1H3,(H,20,22). The van der Waals surface area contributed by atoms with E-state index in [1.54, 1.807) is 36.4 Å². The van der Waals surface area contributed by atoms with Gasteiger partial charge in [-0.05, 0) is 62.1 Å². The van der Waals surface area contributed by atoms with Gasteiger partial charge in [-0.25, -0.2) is 8.42 Å². The maximum atomic E-state index is 12.5. The quantitative estimate of drug-likeness (QED) is 0.809. The smallest absolute Gasteiger partial charge is 0.257 e. The first-order valence-electron chi connectivity index (χ1n) is 8.55. The molecule has 0 saturated heterocycles. The third kappa shape index (κ3) is 4.98. The Hall–Kier alpha value is -2.54. The third-order valence-corrected chi connectivity index (χ3v) is 4.77. The lowest BCUT2D eigenvalue weighted by atomic mass is 10.1. The second-order valence-corrected chi connectivity index (χ2v) is 8.17. The number of amides is 1. The maximum Gasteiger partial charge on any atom is 0.257 e. The van der Waals surface area contributed by atoms with Gasteiger partial charge >= 0.3 is 0 Å². The molecule has 26 heavy (non-hydrogen) atoms. The molecular formula is C19H22N2O4S. The Labute approximate surface area is 153 Å². The molecule has 138 valence electrons. The van der Waals surface area contributed by atoms with Gasteiger partial charge in [0.1, 0.15) is 5.75 Å². The van der Waals surface area contributed by atoms with E-state index in [0.717, 1.165) is 24.8 Å². The van der Waals surface area contributed by atoms with E-state index >= 15 is 0 Å². The lowest BCUT2D eigenvalue weighted by molar-refractivity contribution is 0.102. The molecule has 0 heterocycles. The molecule has 0 radical (unpaired) electrons. The highest BCUT2D eigenvalue weighted by atomic mass is 32.2. The predicted molar refractivity (Wildman–Crippen MR) is 102 cm³/mol. The number of para-hydroxylation sites is 1. The predicted octanol–water partition coefficient (Wildman–Crippen LogP) is 3.63. The Bertz CT molecular complexity index is 873. The van der Waals surface area contributed by atoms with Crippen molar-refractivity contribution in [2.24, 2.45) is 0 Å².